The van der Waals surface area contributed by atoms with Crippen LogP contribution >= 0.6 is 11.8 Å². The minimum Gasteiger partial charge on any atom is -0.352 e. The summed E-state index contributed by atoms with van der Waals surface area (Å²) in [4.78, 5) is 31.2. The molecule has 1 atom stereocenters. The molecule has 1 amide bonds. The molecular formula is C25H23N3O2S. The molecule has 6 heteroatoms. The standard InChI is InChI=1S/C25H23N3O2S/c1-2-28-24(30)20-14-17-10-6-7-11-18(17)15-21(20)27-25(28)31-22(16-8-4-3-5-9-16)23(29)26-19-12-13-19/h3-11,14-15,19,22H,2,12-13H2,1H3,(H,26,29). The van der Waals surface area contributed by atoms with Gasteiger partial charge in [0.1, 0.15) is 5.25 Å². The number of carbonyl (C=O) groups is 1. The summed E-state index contributed by atoms with van der Waals surface area (Å²) in [7, 11) is 0. The molecule has 1 unspecified atom stereocenters. The molecule has 5 nitrogen and oxygen atoms in total. The first kappa shape index (κ1) is 19.8. The van der Waals surface area contributed by atoms with Gasteiger partial charge in [0.15, 0.2) is 5.16 Å². The van der Waals surface area contributed by atoms with Crippen molar-refractivity contribution in [2.24, 2.45) is 0 Å². The minimum absolute atomic E-state index is 0.0331. The van der Waals surface area contributed by atoms with Crippen LogP contribution in [0, 0.1) is 0 Å². The Hall–Kier alpha value is -3.12. The Kier molecular flexibility index (Phi) is 5.24. The highest BCUT2D eigenvalue weighted by Crippen LogP contribution is 2.36. The Labute approximate surface area is 184 Å². The number of hydrogen-bond acceptors (Lipinski definition) is 4. The lowest BCUT2D eigenvalue weighted by molar-refractivity contribution is -0.120. The number of nitrogens with zero attached hydrogens (tertiary/aromatic N) is 2. The molecule has 0 aliphatic heterocycles. The van der Waals surface area contributed by atoms with E-state index in [0.717, 1.165) is 29.2 Å². The third-order valence-electron chi connectivity index (χ3n) is 5.59. The molecule has 1 saturated carbocycles. The zero-order valence-corrected chi connectivity index (χ0v) is 18.1. The zero-order chi connectivity index (χ0) is 21.4. The van der Waals surface area contributed by atoms with Crippen molar-refractivity contribution in [3.05, 3.63) is 82.6 Å². The third-order valence-corrected chi connectivity index (χ3v) is 6.83. The molecule has 0 spiro atoms. The van der Waals surface area contributed by atoms with Crippen LogP contribution in [0.3, 0.4) is 0 Å². The van der Waals surface area contributed by atoms with Gasteiger partial charge in [-0.1, -0.05) is 66.4 Å². The van der Waals surface area contributed by atoms with Gasteiger partial charge in [-0.15, -0.1) is 0 Å². The Bertz CT molecular complexity index is 1330. The van der Waals surface area contributed by atoms with E-state index >= 15 is 0 Å². The molecule has 1 aromatic heterocycles. The molecule has 1 N–H and O–H groups in total. The molecule has 0 bridgehead atoms. The molecule has 0 radical (unpaired) electrons. The van der Waals surface area contributed by atoms with Crippen LogP contribution in [0.5, 0.6) is 0 Å². The van der Waals surface area contributed by atoms with Gasteiger partial charge >= 0.3 is 0 Å². The number of thioether (sulfide) groups is 1. The van der Waals surface area contributed by atoms with Crippen molar-refractivity contribution in [1.82, 2.24) is 14.9 Å². The first-order valence-corrected chi connectivity index (χ1v) is 11.5. The monoisotopic (exact) mass is 429 g/mol. The molecular weight excluding hydrogens is 406 g/mol. The van der Waals surface area contributed by atoms with Gasteiger partial charge < -0.3 is 5.32 Å². The van der Waals surface area contributed by atoms with Crippen molar-refractivity contribution >= 4 is 39.3 Å². The Morgan fingerprint density at radius 2 is 1.77 bits per heavy atom. The molecule has 0 saturated heterocycles. The maximum Gasteiger partial charge on any atom is 0.262 e. The number of nitrogens with one attached hydrogen (secondary N) is 1. The van der Waals surface area contributed by atoms with E-state index in [2.05, 4.69) is 5.32 Å². The highest BCUT2D eigenvalue weighted by molar-refractivity contribution is 8.00. The lowest BCUT2D eigenvalue weighted by atomic mass is 10.1. The highest BCUT2D eigenvalue weighted by atomic mass is 32.2. The largest absolute Gasteiger partial charge is 0.352 e. The molecule has 3 aromatic carbocycles. The molecule has 1 aliphatic rings. The minimum atomic E-state index is -0.468. The van der Waals surface area contributed by atoms with Gasteiger partial charge in [-0.2, -0.15) is 0 Å². The Balaban J connectivity index is 1.62. The van der Waals surface area contributed by atoms with Crippen LogP contribution in [-0.2, 0) is 11.3 Å². The van der Waals surface area contributed by atoms with Gasteiger partial charge in [-0.3, -0.25) is 14.2 Å². The first-order valence-electron chi connectivity index (χ1n) is 10.6. The number of carbonyl (C=O) groups excluding carboxylic acids is 1. The van der Waals surface area contributed by atoms with Gasteiger partial charge in [0.25, 0.3) is 5.56 Å². The smallest absolute Gasteiger partial charge is 0.262 e. The predicted octanol–water partition coefficient (Wildman–Crippen LogP) is 4.68. The van der Waals surface area contributed by atoms with Crippen molar-refractivity contribution in [1.29, 1.82) is 0 Å². The molecule has 156 valence electrons. The summed E-state index contributed by atoms with van der Waals surface area (Å²) < 4.78 is 1.67. The van der Waals surface area contributed by atoms with E-state index in [1.807, 2.05) is 73.7 Å². The van der Waals surface area contributed by atoms with Gasteiger partial charge in [-0.05, 0) is 48.2 Å². The van der Waals surface area contributed by atoms with Crippen LogP contribution in [0.4, 0.5) is 0 Å². The molecule has 1 aliphatic carbocycles. The molecule has 1 heterocycles. The first-order chi connectivity index (χ1) is 15.1. The summed E-state index contributed by atoms with van der Waals surface area (Å²) in [6.07, 6.45) is 2.05. The van der Waals surface area contributed by atoms with E-state index in [9.17, 15) is 9.59 Å². The fourth-order valence-corrected chi connectivity index (χ4v) is 4.94. The number of hydrogen-bond donors (Lipinski definition) is 1. The Morgan fingerprint density at radius 3 is 2.45 bits per heavy atom. The second-order valence-electron chi connectivity index (χ2n) is 7.85. The van der Waals surface area contributed by atoms with Crippen molar-refractivity contribution in [2.75, 3.05) is 0 Å². The van der Waals surface area contributed by atoms with E-state index in [-0.39, 0.29) is 17.5 Å². The zero-order valence-electron chi connectivity index (χ0n) is 17.2. The summed E-state index contributed by atoms with van der Waals surface area (Å²) in [5.74, 6) is -0.0331. The van der Waals surface area contributed by atoms with E-state index in [0.29, 0.717) is 22.6 Å². The topological polar surface area (TPSA) is 64.0 Å². The van der Waals surface area contributed by atoms with Crippen molar-refractivity contribution < 1.29 is 4.79 Å². The van der Waals surface area contributed by atoms with Gasteiger partial charge in [-0.25, -0.2) is 4.98 Å². The van der Waals surface area contributed by atoms with Crippen LogP contribution in [0.2, 0.25) is 0 Å². The third kappa shape index (κ3) is 3.95. The van der Waals surface area contributed by atoms with Crippen LogP contribution in [0.1, 0.15) is 30.6 Å². The molecule has 5 rings (SSSR count). The molecule has 1 fully saturated rings. The van der Waals surface area contributed by atoms with Crippen LogP contribution < -0.4 is 10.9 Å². The number of rotatable bonds is 6. The van der Waals surface area contributed by atoms with E-state index in [1.165, 1.54) is 11.8 Å². The maximum atomic E-state index is 13.3. The summed E-state index contributed by atoms with van der Waals surface area (Å²) in [6.45, 7) is 2.42. The SMILES string of the molecule is CCn1c(SC(C(=O)NC2CC2)c2ccccc2)nc2cc3ccccc3cc2c1=O. The summed E-state index contributed by atoms with van der Waals surface area (Å²) in [5.41, 5.74) is 1.49. The van der Waals surface area contributed by atoms with Crippen molar-refractivity contribution in [2.45, 2.75) is 42.8 Å². The van der Waals surface area contributed by atoms with Gasteiger partial charge in [0, 0.05) is 12.6 Å². The normalized spacial score (nSPS) is 14.6. The van der Waals surface area contributed by atoms with Crippen LogP contribution in [-0.4, -0.2) is 21.5 Å². The fraction of sp³-hybridized carbons (Fsp3) is 0.240. The number of fused-ring (bicyclic) bond motifs is 2. The lowest BCUT2D eigenvalue weighted by Crippen LogP contribution is -2.30. The van der Waals surface area contributed by atoms with Crippen molar-refractivity contribution in [3.63, 3.8) is 0 Å². The van der Waals surface area contributed by atoms with Crippen molar-refractivity contribution in [3.8, 4) is 0 Å². The van der Waals surface area contributed by atoms with Crippen LogP contribution in [0.25, 0.3) is 21.7 Å². The summed E-state index contributed by atoms with van der Waals surface area (Å²) in [6, 6.07) is 21.8. The average Bonchev–Trinajstić information content (AvgIpc) is 3.61. The highest BCUT2D eigenvalue weighted by Gasteiger charge is 2.30. The maximum absolute atomic E-state index is 13.3. The average molecular weight is 430 g/mol. The summed E-state index contributed by atoms with van der Waals surface area (Å²) >= 11 is 1.35. The quantitative estimate of drug-likeness (QED) is 0.275. The van der Waals surface area contributed by atoms with E-state index in [4.69, 9.17) is 4.98 Å². The number of aromatic nitrogens is 2. The van der Waals surface area contributed by atoms with Gasteiger partial charge in [0.2, 0.25) is 5.91 Å². The number of amides is 1. The second kappa shape index (κ2) is 8.19. The molecule has 31 heavy (non-hydrogen) atoms. The van der Waals surface area contributed by atoms with E-state index in [1.54, 1.807) is 4.57 Å². The molecule has 4 aromatic rings. The second-order valence-corrected chi connectivity index (χ2v) is 8.92. The van der Waals surface area contributed by atoms with Gasteiger partial charge in [0.05, 0.1) is 10.9 Å². The van der Waals surface area contributed by atoms with Crippen LogP contribution in [0.15, 0.2) is 76.7 Å². The predicted molar refractivity (Wildman–Crippen MR) is 125 cm³/mol. The lowest BCUT2D eigenvalue weighted by Gasteiger charge is -2.19. The fourth-order valence-electron chi connectivity index (χ4n) is 3.77. The summed E-state index contributed by atoms with van der Waals surface area (Å²) in [5, 5.41) is 5.87. The number of benzene rings is 3. The Morgan fingerprint density at radius 1 is 1.10 bits per heavy atom. The van der Waals surface area contributed by atoms with E-state index < -0.39 is 5.25 Å².